The van der Waals surface area contributed by atoms with E-state index in [9.17, 15) is 15.0 Å². The first-order chi connectivity index (χ1) is 22.5. The predicted molar refractivity (Wildman–Crippen MR) is 187 cm³/mol. The molecule has 0 spiro atoms. The SMILES string of the molecule is C=CCC[C@H](C)C[C@H](O)C=C[C@@H]1[C@H]2Oc3cccc(OCC(=O)O)c3O[C@H]2C[C@H]1O[Si](c1ccccc1)(c1ccccc1)C(C)(C)C. The highest BCUT2D eigenvalue weighted by atomic mass is 28.4. The topological polar surface area (TPSA) is 94.5 Å². The van der Waals surface area contributed by atoms with Crippen LogP contribution < -0.4 is 24.6 Å². The monoisotopic (exact) mass is 656 g/mol. The Morgan fingerprint density at radius 2 is 1.68 bits per heavy atom. The van der Waals surface area contributed by atoms with Crippen molar-refractivity contribution in [1.29, 1.82) is 0 Å². The third-order valence-electron chi connectivity index (χ3n) is 9.27. The Balaban J connectivity index is 1.54. The smallest absolute Gasteiger partial charge is 0.341 e. The highest BCUT2D eigenvalue weighted by molar-refractivity contribution is 6.99. The molecule has 1 fully saturated rings. The standard InChI is InChI=1S/C39H48O7Si/c1-6-7-15-27(2)24-28(40)22-23-31-34(25-35-37(31)44-33-21-14-20-32(38(33)45-35)43-26-36(41)42)46-47(39(3,4)5,29-16-10-8-11-17-29)30-18-12-9-13-19-30/h6,8-14,16-23,27-28,31,34-35,37,40H,1,7,15,24-26H2,2-5H3,(H,41,42)/t27-,28+,31-,34+,35-,37+/m0/s1. The van der Waals surface area contributed by atoms with Gasteiger partial charge in [0.1, 0.15) is 12.2 Å². The van der Waals surface area contributed by atoms with Crippen molar-refractivity contribution in [3.05, 3.63) is 104 Å². The number of carbonyl (C=O) groups is 1. The van der Waals surface area contributed by atoms with Crippen LogP contribution in [0.4, 0.5) is 0 Å². The number of rotatable bonds is 14. The molecule has 0 aromatic heterocycles. The van der Waals surface area contributed by atoms with E-state index in [0.717, 1.165) is 12.8 Å². The van der Waals surface area contributed by atoms with Crippen LogP contribution in [0.5, 0.6) is 17.2 Å². The molecule has 3 aromatic rings. The van der Waals surface area contributed by atoms with Gasteiger partial charge in [-0.25, -0.2) is 4.79 Å². The van der Waals surface area contributed by atoms with Crippen LogP contribution >= 0.6 is 0 Å². The van der Waals surface area contributed by atoms with Crippen LogP contribution in [0.15, 0.2) is 104 Å². The second-order valence-electron chi connectivity index (χ2n) is 13.8. The number of hydrogen-bond donors (Lipinski definition) is 2. The summed E-state index contributed by atoms with van der Waals surface area (Å²) in [4.78, 5) is 11.3. The molecule has 0 radical (unpaired) electrons. The van der Waals surface area contributed by atoms with E-state index in [1.54, 1.807) is 12.1 Å². The van der Waals surface area contributed by atoms with E-state index in [1.807, 2.05) is 30.4 Å². The number of ether oxygens (including phenoxy) is 3. The second-order valence-corrected chi connectivity index (χ2v) is 18.0. The summed E-state index contributed by atoms with van der Waals surface area (Å²) in [5.74, 6) is 0.280. The molecule has 1 aliphatic carbocycles. The molecular weight excluding hydrogens is 609 g/mol. The molecule has 2 N–H and O–H groups in total. The van der Waals surface area contributed by atoms with Gasteiger partial charge in [-0.05, 0) is 52.7 Å². The average Bonchev–Trinajstić information content (AvgIpc) is 3.38. The molecule has 0 amide bonds. The Morgan fingerprint density at radius 1 is 1.02 bits per heavy atom. The highest BCUT2D eigenvalue weighted by Gasteiger charge is 2.56. The quantitative estimate of drug-likeness (QED) is 0.151. The maximum atomic E-state index is 11.3. The van der Waals surface area contributed by atoms with E-state index in [2.05, 4.69) is 88.9 Å². The fourth-order valence-corrected chi connectivity index (χ4v) is 11.8. The third-order valence-corrected chi connectivity index (χ3v) is 14.3. The van der Waals surface area contributed by atoms with Gasteiger partial charge >= 0.3 is 5.97 Å². The second kappa shape index (κ2) is 14.9. The molecule has 1 heterocycles. The molecule has 0 bridgehead atoms. The number of carboxylic acids is 1. The Labute approximate surface area is 280 Å². The van der Waals surface area contributed by atoms with E-state index in [0.29, 0.717) is 36.0 Å². The maximum absolute atomic E-state index is 11.3. The summed E-state index contributed by atoms with van der Waals surface area (Å²) in [6.45, 7) is 12.3. The zero-order valence-electron chi connectivity index (χ0n) is 27.9. The van der Waals surface area contributed by atoms with Crippen LogP contribution in [-0.4, -0.2) is 55.5 Å². The lowest BCUT2D eigenvalue weighted by molar-refractivity contribution is -0.139. The molecule has 0 saturated heterocycles. The molecule has 250 valence electrons. The van der Waals surface area contributed by atoms with E-state index < -0.39 is 27.0 Å². The fourth-order valence-electron chi connectivity index (χ4n) is 7.05. The minimum Gasteiger partial charge on any atom is -0.482 e. The highest BCUT2D eigenvalue weighted by Crippen LogP contribution is 2.49. The molecule has 8 heteroatoms. The molecule has 0 unspecified atom stereocenters. The average molecular weight is 657 g/mol. The number of benzene rings is 3. The van der Waals surface area contributed by atoms with E-state index in [-0.39, 0.29) is 29.3 Å². The van der Waals surface area contributed by atoms with Gasteiger partial charge in [-0.15, -0.1) is 6.58 Å². The van der Waals surface area contributed by atoms with Gasteiger partial charge < -0.3 is 28.8 Å². The lowest BCUT2D eigenvalue weighted by Gasteiger charge is -2.45. The van der Waals surface area contributed by atoms with Crippen molar-refractivity contribution in [3.63, 3.8) is 0 Å². The fraction of sp³-hybridized carbons (Fsp3) is 0.410. The first-order valence-corrected chi connectivity index (χ1v) is 18.5. The third kappa shape index (κ3) is 7.66. The zero-order valence-corrected chi connectivity index (χ0v) is 28.9. The van der Waals surface area contributed by atoms with Crippen molar-refractivity contribution in [2.75, 3.05) is 6.61 Å². The van der Waals surface area contributed by atoms with E-state index in [1.165, 1.54) is 10.4 Å². The Kier molecular flexibility index (Phi) is 10.9. The minimum absolute atomic E-state index is 0.225. The van der Waals surface area contributed by atoms with Crippen molar-refractivity contribution in [3.8, 4) is 17.2 Å². The molecule has 2 aliphatic rings. The Bertz CT molecular complexity index is 1480. The van der Waals surface area contributed by atoms with Crippen molar-refractivity contribution in [2.24, 2.45) is 11.8 Å². The molecule has 1 aliphatic heterocycles. The minimum atomic E-state index is -2.94. The van der Waals surface area contributed by atoms with Gasteiger partial charge in [-0.1, -0.05) is 113 Å². The predicted octanol–water partition coefficient (Wildman–Crippen LogP) is 6.53. The summed E-state index contributed by atoms with van der Waals surface area (Å²) in [5.41, 5.74) is 0. The molecular formula is C39H48O7Si. The molecule has 1 saturated carbocycles. The van der Waals surface area contributed by atoms with Crippen molar-refractivity contribution < 1.29 is 33.6 Å². The number of hydrogen-bond acceptors (Lipinski definition) is 6. The van der Waals surface area contributed by atoms with Crippen molar-refractivity contribution in [2.45, 2.75) is 82.8 Å². The summed E-state index contributed by atoms with van der Waals surface area (Å²) in [6.07, 6.45) is 7.29. The molecule has 5 rings (SSSR count). The van der Waals surface area contributed by atoms with Crippen LogP contribution in [0, 0.1) is 11.8 Å². The van der Waals surface area contributed by atoms with Crippen LogP contribution in [-0.2, 0) is 9.22 Å². The van der Waals surface area contributed by atoms with Crippen molar-refractivity contribution in [1.82, 2.24) is 0 Å². The van der Waals surface area contributed by atoms with Gasteiger partial charge in [0.05, 0.1) is 12.2 Å². The summed E-state index contributed by atoms with van der Waals surface area (Å²) < 4.78 is 26.5. The van der Waals surface area contributed by atoms with Gasteiger partial charge in [0, 0.05) is 12.3 Å². The molecule has 7 nitrogen and oxygen atoms in total. The van der Waals surface area contributed by atoms with Crippen LogP contribution in [0.1, 0.15) is 53.4 Å². The molecule has 47 heavy (non-hydrogen) atoms. The zero-order chi connectivity index (χ0) is 33.6. The maximum Gasteiger partial charge on any atom is 0.341 e. The normalized spacial score (nSPS) is 22.0. The first-order valence-electron chi connectivity index (χ1n) is 16.6. The number of aliphatic hydroxyl groups is 1. The Morgan fingerprint density at radius 3 is 2.28 bits per heavy atom. The van der Waals surface area contributed by atoms with Gasteiger partial charge in [0.2, 0.25) is 5.75 Å². The van der Waals surface area contributed by atoms with E-state index in [4.69, 9.17) is 18.6 Å². The van der Waals surface area contributed by atoms with Gasteiger partial charge in [0.25, 0.3) is 8.32 Å². The van der Waals surface area contributed by atoms with Crippen LogP contribution in [0.25, 0.3) is 0 Å². The van der Waals surface area contributed by atoms with Gasteiger partial charge in [0.15, 0.2) is 18.1 Å². The number of para-hydroxylation sites is 1. The summed E-state index contributed by atoms with van der Waals surface area (Å²) in [7, 11) is -2.94. The summed E-state index contributed by atoms with van der Waals surface area (Å²) in [6, 6.07) is 26.4. The lowest BCUT2D eigenvalue weighted by Crippen LogP contribution is -2.68. The number of aliphatic hydroxyl groups excluding tert-OH is 1. The summed E-state index contributed by atoms with van der Waals surface area (Å²) in [5, 5.41) is 22.4. The van der Waals surface area contributed by atoms with Gasteiger partial charge in [-0.2, -0.15) is 0 Å². The van der Waals surface area contributed by atoms with E-state index >= 15 is 0 Å². The van der Waals surface area contributed by atoms with Crippen LogP contribution in [0.2, 0.25) is 5.04 Å². The first kappa shape index (κ1) is 34.5. The summed E-state index contributed by atoms with van der Waals surface area (Å²) >= 11 is 0. The number of carboxylic acid groups (broad SMARTS) is 1. The number of aliphatic carboxylic acids is 1. The number of allylic oxidation sites excluding steroid dienone is 1. The molecule has 6 atom stereocenters. The largest absolute Gasteiger partial charge is 0.482 e. The van der Waals surface area contributed by atoms with Gasteiger partial charge in [-0.3, -0.25) is 0 Å². The van der Waals surface area contributed by atoms with Crippen LogP contribution in [0.3, 0.4) is 0 Å². The Hall–Kier alpha value is -3.85. The van der Waals surface area contributed by atoms with Crippen molar-refractivity contribution >= 4 is 24.7 Å². The molecule has 3 aromatic carbocycles. The lowest BCUT2D eigenvalue weighted by atomic mass is 9.96. The number of fused-ring (bicyclic) bond motifs is 2.